The summed E-state index contributed by atoms with van der Waals surface area (Å²) in [6, 6.07) is 8.24. The van der Waals surface area contributed by atoms with Crippen LogP contribution in [0.2, 0.25) is 0 Å². The minimum Gasteiger partial charge on any atom is -0.494 e. The predicted molar refractivity (Wildman–Crippen MR) is 107 cm³/mol. The van der Waals surface area contributed by atoms with Gasteiger partial charge in [-0.15, -0.1) is 0 Å². The van der Waals surface area contributed by atoms with Gasteiger partial charge in [0, 0.05) is 32.4 Å². The summed E-state index contributed by atoms with van der Waals surface area (Å²) in [5.74, 6) is 1.85. The van der Waals surface area contributed by atoms with Gasteiger partial charge in [-0.05, 0) is 56.9 Å². The molecule has 0 saturated carbocycles. The molecule has 1 heterocycles. The Hall–Kier alpha value is -2.50. The summed E-state index contributed by atoms with van der Waals surface area (Å²) in [5.41, 5.74) is 3.65. The quantitative estimate of drug-likeness (QED) is 0.411. The number of hydrogen-bond acceptors (Lipinski definition) is 3. The Morgan fingerprint density at radius 2 is 2.04 bits per heavy atom. The van der Waals surface area contributed by atoms with E-state index in [1.54, 1.807) is 0 Å². The van der Waals surface area contributed by atoms with E-state index in [-0.39, 0.29) is 0 Å². The van der Waals surface area contributed by atoms with E-state index in [2.05, 4.69) is 53.4 Å². The van der Waals surface area contributed by atoms with E-state index in [9.17, 15) is 0 Å². The zero-order valence-corrected chi connectivity index (χ0v) is 16.4. The van der Waals surface area contributed by atoms with Crippen molar-refractivity contribution in [3.05, 3.63) is 47.3 Å². The molecule has 0 aliphatic carbocycles. The van der Waals surface area contributed by atoms with Gasteiger partial charge in [0.25, 0.3) is 0 Å². The lowest BCUT2D eigenvalue weighted by Gasteiger charge is -2.22. The van der Waals surface area contributed by atoms with Crippen LogP contribution in [-0.4, -0.2) is 47.8 Å². The fourth-order valence-electron chi connectivity index (χ4n) is 2.76. The highest BCUT2D eigenvalue weighted by molar-refractivity contribution is 5.79. The number of guanidine groups is 1. The molecule has 2 aromatic rings. The number of aliphatic imine (C=N–C) groups is 1. The number of aromatic amines is 1. The zero-order valence-electron chi connectivity index (χ0n) is 16.4. The lowest BCUT2D eigenvalue weighted by molar-refractivity contribution is 0.340. The van der Waals surface area contributed by atoms with Gasteiger partial charge in [-0.1, -0.05) is 12.1 Å². The molecule has 0 fully saturated rings. The molecule has 0 unspecified atom stereocenters. The number of benzene rings is 1. The Labute approximate surface area is 156 Å². The Balaban J connectivity index is 1.88. The molecule has 2 N–H and O–H groups in total. The number of H-pyrrole nitrogens is 1. The molecule has 142 valence electrons. The second-order valence-electron chi connectivity index (χ2n) is 6.29. The average molecular weight is 358 g/mol. The van der Waals surface area contributed by atoms with E-state index in [0.717, 1.165) is 49.9 Å². The summed E-state index contributed by atoms with van der Waals surface area (Å²) in [7, 11) is 2.07. The lowest BCUT2D eigenvalue weighted by Crippen LogP contribution is -2.38. The zero-order chi connectivity index (χ0) is 18.8. The van der Waals surface area contributed by atoms with E-state index in [4.69, 9.17) is 9.73 Å². The Kier molecular flexibility index (Phi) is 7.99. The fraction of sp³-hybridized carbons (Fsp3) is 0.500. The second-order valence-corrected chi connectivity index (χ2v) is 6.29. The maximum Gasteiger partial charge on any atom is 0.193 e. The summed E-state index contributed by atoms with van der Waals surface area (Å²) >= 11 is 0. The second kappa shape index (κ2) is 10.5. The van der Waals surface area contributed by atoms with E-state index >= 15 is 0 Å². The maximum atomic E-state index is 5.50. The highest BCUT2D eigenvalue weighted by Crippen LogP contribution is 2.13. The number of nitrogens with zero attached hydrogens (tertiary/aromatic N) is 3. The molecule has 0 aliphatic heterocycles. The number of aryl methyl sites for hydroxylation is 2. The molecule has 1 aromatic heterocycles. The summed E-state index contributed by atoms with van der Waals surface area (Å²) in [6.45, 7) is 9.28. The van der Waals surface area contributed by atoms with E-state index in [1.807, 2.05) is 25.3 Å². The van der Waals surface area contributed by atoms with Crippen molar-refractivity contribution in [1.29, 1.82) is 0 Å². The Morgan fingerprint density at radius 3 is 2.65 bits per heavy atom. The van der Waals surface area contributed by atoms with Gasteiger partial charge in [0.2, 0.25) is 0 Å². The van der Waals surface area contributed by atoms with Crippen LogP contribution < -0.4 is 10.1 Å². The van der Waals surface area contributed by atoms with Crippen LogP contribution in [-0.2, 0) is 13.0 Å². The van der Waals surface area contributed by atoms with Crippen LogP contribution in [0.4, 0.5) is 0 Å². The molecule has 0 atom stereocenters. The van der Waals surface area contributed by atoms with Crippen molar-refractivity contribution in [3.8, 4) is 5.75 Å². The van der Waals surface area contributed by atoms with Crippen LogP contribution in [0.25, 0.3) is 0 Å². The van der Waals surface area contributed by atoms with Crippen LogP contribution in [0.5, 0.6) is 5.75 Å². The van der Waals surface area contributed by atoms with Gasteiger partial charge < -0.3 is 15.0 Å². The van der Waals surface area contributed by atoms with Crippen molar-refractivity contribution in [2.24, 2.45) is 4.99 Å². The highest BCUT2D eigenvalue weighted by Gasteiger charge is 2.07. The fourth-order valence-corrected chi connectivity index (χ4v) is 2.76. The summed E-state index contributed by atoms with van der Waals surface area (Å²) < 4.78 is 5.50. The number of hydrogen-bond donors (Lipinski definition) is 2. The normalized spacial score (nSPS) is 11.5. The van der Waals surface area contributed by atoms with Crippen LogP contribution in [0.3, 0.4) is 0 Å². The highest BCUT2D eigenvalue weighted by atomic mass is 16.5. The van der Waals surface area contributed by atoms with E-state index < -0.39 is 0 Å². The van der Waals surface area contributed by atoms with Gasteiger partial charge >= 0.3 is 0 Å². The average Bonchev–Trinajstić information content (AvgIpc) is 3.04. The Morgan fingerprint density at radius 1 is 1.27 bits per heavy atom. The largest absolute Gasteiger partial charge is 0.494 e. The van der Waals surface area contributed by atoms with Crippen LogP contribution in [0.1, 0.15) is 37.1 Å². The first-order valence-corrected chi connectivity index (χ1v) is 9.34. The summed E-state index contributed by atoms with van der Waals surface area (Å²) in [5, 5.41) is 10.4. The topological polar surface area (TPSA) is 65.5 Å². The first-order valence-electron chi connectivity index (χ1n) is 9.34. The predicted octanol–water partition coefficient (Wildman–Crippen LogP) is 3.15. The smallest absolute Gasteiger partial charge is 0.193 e. The van der Waals surface area contributed by atoms with E-state index in [0.29, 0.717) is 6.61 Å². The standard InChI is InChI=1S/C20H31N5O/c1-5-21-20(22-13-7-8-18-14-23-24-16(18)3)25(4)15-17-9-11-19(12-10-17)26-6-2/h9-12,14H,5-8,13,15H2,1-4H3,(H,21,22)(H,23,24). The van der Waals surface area contributed by atoms with Gasteiger partial charge in [0.1, 0.15) is 5.75 Å². The third kappa shape index (κ3) is 6.10. The molecule has 26 heavy (non-hydrogen) atoms. The first kappa shape index (κ1) is 19.8. The molecule has 0 amide bonds. The molecule has 6 heteroatoms. The van der Waals surface area contributed by atoms with Crippen molar-refractivity contribution in [1.82, 2.24) is 20.4 Å². The van der Waals surface area contributed by atoms with Crippen molar-refractivity contribution in [2.45, 2.75) is 40.2 Å². The number of ether oxygens (including phenoxy) is 1. The third-order valence-corrected chi connectivity index (χ3v) is 4.15. The maximum absolute atomic E-state index is 5.50. The Bertz CT molecular complexity index is 678. The monoisotopic (exact) mass is 357 g/mol. The van der Waals surface area contributed by atoms with Crippen molar-refractivity contribution in [3.63, 3.8) is 0 Å². The molecule has 0 aliphatic rings. The van der Waals surface area contributed by atoms with Gasteiger partial charge in [-0.3, -0.25) is 10.1 Å². The van der Waals surface area contributed by atoms with Crippen LogP contribution >= 0.6 is 0 Å². The molecule has 1 aromatic carbocycles. The molecule has 0 bridgehead atoms. The van der Waals surface area contributed by atoms with Gasteiger partial charge in [0.15, 0.2) is 5.96 Å². The van der Waals surface area contributed by atoms with Gasteiger partial charge in [0.05, 0.1) is 12.8 Å². The third-order valence-electron chi connectivity index (χ3n) is 4.15. The molecule has 2 rings (SSSR count). The van der Waals surface area contributed by atoms with Crippen molar-refractivity contribution in [2.75, 3.05) is 26.7 Å². The molecular formula is C20H31N5O. The van der Waals surface area contributed by atoms with Crippen molar-refractivity contribution >= 4 is 5.96 Å². The minimum absolute atomic E-state index is 0.689. The molecule has 0 saturated heterocycles. The number of aromatic nitrogens is 2. The van der Waals surface area contributed by atoms with E-state index in [1.165, 1.54) is 11.1 Å². The van der Waals surface area contributed by atoms with Crippen LogP contribution in [0, 0.1) is 6.92 Å². The SMILES string of the molecule is CCNC(=NCCCc1cn[nH]c1C)N(C)Cc1ccc(OCC)cc1. The van der Waals surface area contributed by atoms with Gasteiger partial charge in [-0.2, -0.15) is 5.10 Å². The summed E-state index contributed by atoms with van der Waals surface area (Å²) in [6.07, 6.45) is 3.91. The molecule has 0 spiro atoms. The van der Waals surface area contributed by atoms with Gasteiger partial charge in [-0.25, -0.2) is 0 Å². The minimum atomic E-state index is 0.689. The first-order chi connectivity index (χ1) is 12.6. The van der Waals surface area contributed by atoms with Crippen LogP contribution in [0.15, 0.2) is 35.5 Å². The number of rotatable bonds is 9. The summed E-state index contributed by atoms with van der Waals surface area (Å²) in [4.78, 5) is 6.92. The number of nitrogens with one attached hydrogen (secondary N) is 2. The van der Waals surface area contributed by atoms with Crippen molar-refractivity contribution < 1.29 is 4.74 Å². The lowest BCUT2D eigenvalue weighted by atomic mass is 10.1. The molecule has 6 nitrogen and oxygen atoms in total. The molecular weight excluding hydrogens is 326 g/mol. The molecule has 0 radical (unpaired) electrons.